The molecule has 0 radical (unpaired) electrons. The first-order valence-corrected chi connectivity index (χ1v) is 8.68. The third kappa shape index (κ3) is 5.08. The Balaban J connectivity index is 1.50. The van der Waals surface area contributed by atoms with E-state index < -0.39 is 5.91 Å². The highest BCUT2D eigenvalue weighted by molar-refractivity contribution is 5.86. The van der Waals surface area contributed by atoms with Crippen molar-refractivity contribution in [2.75, 3.05) is 26.2 Å². The van der Waals surface area contributed by atoms with E-state index in [1.807, 2.05) is 30.3 Å². The molecule has 2 aliphatic heterocycles. The molecule has 2 N–H and O–H groups in total. The average molecular weight is 344 g/mol. The van der Waals surface area contributed by atoms with Crippen LogP contribution >= 0.6 is 0 Å². The maximum atomic E-state index is 11.0. The molecule has 2 aliphatic rings. The number of carbonyl (C=O) groups is 1. The molecule has 6 nitrogen and oxygen atoms in total. The molecular weight excluding hydrogens is 320 g/mol. The summed E-state index contributed by atoms with van der Waals surface area (Å²) in [5, 5.41) is 8.48. The number of rotatable bonds is 7. The molecule has 1 saturated heterocycles. The van der Waals surface area contributed by atoms with Gasteiger partial charge in [0.25, 0.3) is 5.91 Å². The summed E-state index contributed by atoms with van der Waals surface area (Å²) in [6, 6.07) is 7.95. The van der Waals surface area contributed by atoms with Gasteiger partial charge in [0.2, 0.25) is 0 Å². The number of likely N-dealkylation sites (tertiary alicyclic amines) is 1. The number of nitrogens with zero attached hydrogens (tertiary/aromatic N) is 1. The quantitative estimate of drug-likeness (QED) is 0.452. The number of ether oxygens (including phenoxy) is 2. The summed E-state index contributed by atoms with van der Waals surface area (Å²) < 4.78 is 11.7. The molecule has 0 aromatic heterocycles. The van der Waals surface area contributed by atoms with Gasteiger partial charge in [-0.3, -0.25) is 14.9 Å². The lowest BCUT2D eigenvalue weighted by Crippen LogP contribution is -2.25. The van der Waals surface area contributed by atoms with Crippen LogP contribution in [0.15, 0.2) is 48.3 Å². The van der Waals surface area contributed by atoms with Gasteiger partial charge in [-0.1, -0.05) is 12.1 Å². The summed E-state index contributed by atoms with van der Waals surface area (Å²) in [7, 11) is 0. The molecule has 3 rings (SSSR count). The Kier molecular flexibility index (Phi) is 6.09. The summed E-state index contributed by atoms with van der Waals surface area (Å²) in [6.45, 7) is 4.01. The standard InChI is InChI=1S/C19H24N2O4/c22-19(20-23)9-7-16-6-8-18(25-16)15-4-3-5-17(14-15)24-13-12-21-10-1-2-11-21/h3-7,9,14,18,23H,1-2,8,10-13H2,(H,20,22)/b9-7+. The molecule has 134 valence electrons. The van der Waals surface area contributed by atoms with E-state index in [1.54, 1.807) is 11.6 Å². The zero-order valence-electron chi connectivity index (χ0n) is 14.2. The number of carbonyl (C=O) groups excluding carboxylic acids is 1. The number of amides is 1. The maximum Gasteiger partial charge on any atom is 0.267 e. The van der Waals surface area contributed by atoms with Gasteiger partial charge in [-0.15, -0.1) is 0 Å². The number of benzene rings is 1. The van der Waals surface area contributed by atoms with Crippen LogP contribution < -0.4 is 10.2 Å². The van der Waals surface area contributed by atoms with Crippen LogP contribution in [0, 0.1) is 0 Å². The Labute approximate surface area is 147 Å². The van der Waals surface area contributed by atoms with Gasteiger partial charge in [-0.25, -0.2) is 5.48 Å². The fourth-order valence-corrected chi connectivity index (χ4v) is 3.09. The highest BCUT2D eigenvalue weighted by Gasteiger charge is 2.19. The maximum absolute atomic E-state index is 11.0. The predicted octanol–water partition coefficient (Wildman–Crippen LogP) is 2.57. The Morgan fingerprint density at radius 2 is 2.24 bits per heavy atom. The first-order chi connectivity index (χ1) is 12.2. The van der Waals surface area contributed by atoms with Crippen LogP contribution in [0.25, 0.3) is 0 Å². The molecule has 1 fully saturated rings. The number of hydroxylamine groups is 1. The summed E-state index contributed by atoms with van der Waals surface area (Å²) in [6.07, 6.45) is 7.92. The van der Waals surface area contributed by atoms with E-state index in [2.05, 4.69) is 4.90 Å². The molecule has 1 amide bonds. The van der Waals surface area contributed by atoms with Crippen molar-refractivity contribution < 1.29 is 19.5 Å². The van der Waals surface area contributed by atoms with Crippen molar-refractivity contribution in [2.45, 2.75) is 25.4 Å². The third-order valence-electron chi connectivity index (χ3n) is 4.43. The van der Waals surface area contributed by atoms with Gasteiger partial charge in [0, 0.05) is 19.0 Å². The number of nitrogens with one attached hydrogen (secondary N) is 1. The van der Waals surface area contributed by atoms with Crippen molar-refractivity contribution >= 4 is 5.91 Å². The Bertz CT molecular complexity index is 651. The molecule has 0 spiro atoms. The second kappa shape index (κ2) is 8.69. The van der Waals surface area contributed by atoms with Crippen LogP contribution in [0.3, 0.4) is 0 Å². The number of hydrogen-bond acceptors (Lipinski definition) is 5. The fraction of sp³-hybridized carbons (Fsp3) is 0.421. The minimum Gasteiger partial charge on any atom is -0.492 e. The zero-order valence-corrected chi connectivity index (χ0v) is 14.2. The highest BCUT2D eigenvalue weighted by atomic mass is 16.5. The number of allylic oxidation sites excluding steroid dienone is 1. The minimum atomic E-state index is -0.582. The molecule has 6 heteroatoms. The van der Waals surface area contributed by atoms with Crippen molar-refractivity contribution in [1.82, 2.24) is 10.4 Å². The van der Waals surface area contributed by atoms with E-state index in [0.717, 1.165) is 24.3 Å². The number of hydrogen-bond donors (Lipinski definition) is 2. The minimum absolute atomic E-state index is 0.0843. The second-order valence-electron chi connectivity index (χ2n) is 6.23. The smallest absolute Gasteiger partial charge is 0.267 e. The van der Waals surface area contributed by atoms with Gasteiger partial charge in [0.1, 0.15) is 24.2 Å². The molecule has 1 atom stereocenters. The van der Waals surface area contributed by atoms with E-state index in [1.165, 1.54) is 32.0 Å². The van der Waals surface area contributed by atoms with Crippen molar-refractivity contribution in [3.63, 3.8) is 0 Å². The zero-order chi connectivity index (χ0) is 17.5. The van der Waals surface area contributed by atoms with E-state index in [9.17, 15) is 4.79 Å². The molecule has 0 saturated carbocycles. The SMILES string of the molecule is O=C(/C=C/C1=CCC(c2cccc(OCCN3CCCC3)c2)O1)NO. The van der Waals surface area contributed by atoms with Crippen molar-refractivity contribution in [3.8, 4) is 5.75 Å². The van der Waals surface area contributed by atoms with Crippen LogP contribution in [-0.2, 0) is 9.53 Å². The van der Waals surface area contributed by atoms with E-state index in [-0.39, 0.29) is 6.10 Å². The highest BCUT2D eigenvalue weighted by Crippen LogP contribution is 2.32. The van der Waals surface area contributed by atoms with E-state index >= 15 is 0 Å². The van der Waals surface area contributed by atoms with Crippen molar-refractivity contribution in [3.05, 3.63) is 53.8 Å². The Morgan fingerprint density at radius 3 is 3.04 bits per heavy atom. The molecule has 1 aromatic rings. The van der Waals surface area contributed by atoms with Crippen LogP contribution in [0.4, 0.5) is 0 Å². The van der Waals surface area contributed by atoms with Gasteiger partial charge >= 0.3 is 0 Å². The first-order valence-electron chi connectivity index (χ1n) is 8.68. The van der Waals surface area contributed by atoms with Gasteiger partial charge in [-0.2, -0.15) is 0 Å². The molecule has 0 bridgehead atoms. The summed E-state index contributed by atoms with van der Waals surface area (Å²) in [4.78, 5) is 13.4. The summed E-state index contributed by atoms with van der Waals surface area (Å²) in [5.74, 6) is 0.888. The van der Waals surface area contributed by atoms with Gasteiger partial charge in [0.15, 0.2) is 0 Å². The topological polar surface area (TPSA) is 71.0 Å². The van der Waals surface area contributed by atoms with Gasteiger partial charge in [-0.05, 0) is 55.8 Å². The second-order valence-corrected chi connectivity index (χ2v) is 6.23. The Morgan fingerprint density at radius 1 is 1.40 bits per heavy atom. The average Bonchev–Trinajstić information content (AvgIpc) is 3.32. The van der Waals surface area contributed by atoms with Crippen LogP contribution in [0.2, 0.25) is 0 Å². The van der Waals surface area contributed by atoms with Gasteiger partial charge < -0.3 is 9.47 Å². The largest absolute Gasteiger partial charge is 0.492 e. The van der Waals surface area contributed by atoms with Crippen LogP contribution in [0.1, 0.15) is 30.9 Å². The lowest BCUT2D eigenvalue weighted by atomic mass is 10.1. The lowest BCUT2D eigenvalue weighted by molar-refractivity contribution is -0.124. The van der Waals surface area contributed by atoms with Crippen molar-refractivity contribution in [2.24, 2.45) is 0 Å². The third-order valence-corrected chi connectivity index (χ3v) is 4.43. The predicted molar refractivity (Wildman–Crippen MR) is 93.2 cm³/mol. The summed E-state index contributed by atoms with van der Waals surface area (Å²) >= 11 is 0. The van der Waals surface area contributed by atoms with E-state index in [0.29, 0.717) is 12.4 Å². The van der Waals surface area contributed by atoms with Crippen LogP contribution in [-0.4, -0.2) is 42.3 Å². The molecule has 25 heavy (non-hydrogen) atoms. The fourth-order valence-electron chi connectivity index (χ4n) is 3.09. The van der Waals surface area contributed by atoms with E-state index in [4.69, 9.17) is 14.7 Å². The first kappa shape index (κ1) is 17.5. The van der Waals surface area contributed by atoms with Crippen molar-refractivity contribution in [1.29, 1.82) is 0 Å². The molecular formula is C19H24N2O4. The molecule has 1 aromatic carbocycles. The normalized spacial score (nSPS) is 20.5. The molecule has 1 unspecified atom stereocenters. The molecule has 2 heterocycles. The van der Waals surface area contributed by atoms with Gasteiger partial charge in [0.05, 0.1) is 0 Å². The monoisotopic (exact) mass is 344 g/mol. The van der Waals surface area contributed by atoms with Crippen LogP contribution in [0.5, 0.6) is 5.75 Å². The lowest BCUT2D eigenvalue weighted by Gasteiger charge is -2.16. The Hall–Kier alpha value is -2.31. The molecule has 0 aliphatic carbocycles. The summed E-state index contributed by atoms with van der Waals surface area (Å²) in [5.41, 5.74) is 2.60.